The van der Waals surface area contributed by atoms with Gasteiger partial charge in [-0.3, -0.25) is 0 Å². The van der Waals surface area contributed by atoms with E-state index in [2.05, 4.69) is 12.2 Å². The van der Waals surface area contributed by atoms with Gasteiger partial charge in [-0.25, -0.2) is 0 Å². The van der Waals surface area contributed by atoms with E-state index in [1.165, 1.54) is 45.1 Å². The van der Waals surface area contributed by atoms with Crippen LogP contribution in [0.2, 0.25) is 0 Å². The molecule has 0 aromatic rings. The Morgan fingerprint density at radius 1 is 1.13 bits per heavy atom. The molecule has 2 saturated carbocycles. The third kappa shape index (κ3) is 3.76. The van der Waals surface area contributed by atoms with Crippen molar-refractivity contribution in [3.8, 4) is 0 Å². The summed E-state index contributed by atoms with van der Waals surface area (Å²) in [6.45, 7) is 5.20. The summed E-state index contributed by atoms with van der Waals surface area (Å²) in [7, 11) is 0. The maximum atomic E-state index is 5.38. The monoisotopic (exact) mass is 211 g/mol. The molecule has 0 spiro atoms. The highest BCUT2D eigenvalue weighted by Crippen LogP contribution is 2.37. The molecule has 0 saturated heterocycles. The molecule has 2 nitrogen and oxygen atoms in total. The van der Waals surface area contributed by atoms with E-state index in [0.29, 0.717) is 0 Å². The van der Waals surface area contributed by atoms with Crippen molar-refractivity contribution in [1.29, 1.82) is 0 Å². The molecule has 0 aliphatic heterocycles. The third-order valence-corrected chi connectivity index (χ3v) is 3.89. The predicted octanol–water partition coefficient (Wildman–Crippen LogP) is 2.58. The molecule has 88 valence electrons. The molecule has 2 heteroatoms. The molecule has 0 heterocycles. The first-order chi connectivity index (χ1) is 7.40. The lowest BCUT2D eigenvalue weighted by Crippen LogP contribution is -2.36. The van der Waals surface area contributed by atoms with Crippen molar-refractivity contribution in [1.82, 2.24) is 5.32 Å². The second-order valence-electron chi connectivity index (χ2n) is 5.12. The van der Waals surface area contributed by atoms with E-state index in [-0.39, 0.29) is 0 Å². The zero-order valence-corrected chi connectivity index (χ0v) is 10.0. The number of hydrogen-bond acceptors (Lipinski definition) is 2. The topological polar surface area (TPSA) is 21.3 Å². The number of ether oxygens (including phenoxy) is 1. The fraction of sp³-hybridized carbons (Fsp3) is 1.00. The van der Waals surface area contributed by atoms with Crippen molar-refractivity contribution >= 4 is 0 Å². The van der Waals surface area contributed by atoms with Crippen LogP contribution >= 0.6 is 0 Å². The molecule has 2 aliphatic carbocycles. The summed E-state index contributed by atoms with van der Waals surface area (Å²) in [5, 5.41) is 3.66. The van der Waals surface area contributed by atoms with Gasteiger partial charge in [0.15, 0.2) is 0 Å². The van der Waals surface area contributed by atoms with Crippen molar-refractivity contribution in [2.45, 2.75) is 51.5 Å². The number of nitrogens with one attached hydrogen (secondary N) is 1. The molecule has 2 atom stereocenters. The highest BCUT2D eigenvalue weighted by molar-refractivity contribution is 4.87. The Labute approximate surface area is 93.8 Å². The van der Waals surface area contributed by atoms with Gasteiger partial charge < -0.3 is 10.1 Å². The van der Waals surface area contributed by atoms with Crippen molar-refractivity contribution in [2.75, 3.05) is 19.8 Å². The summed E-state index contributed by atoms with van der Waals surface area (Å²) in [5.41, 5.74) is 0. The lowest BCUT2D eigenvalue weighted by Gasteiger charge is -2.37. The molecular formula is C13H25NO. The van der Waals surface area contributed by atoms with Crippen molar-refractivity contribution < 1.29 is 4.74 Å². The Kier molecular flexibility index (Phi) is 4.45. The fourth-order valence-corrected chi connectivity index (χ4v) is 2.48. The normalized spacial score (nSPS) is 30.2. The Bertz CT molecular complexity index is 179. The van der Waals surface area contributed by atoms with Gasteiger partial charge in [0.1, 0.15) is 0 Å². The zero-order chi connectivity index (χ0) is 10.5. The van der Waals surface area contributed by atoms with E-state index in [1.807, 2.05) is 0 Å². The summed E-state index contributed by atoms with van der Waals surface area (Å²) in [6, 6.07) is 0.884. The summed E-state index contributed by atoms with van der Waals surface area (Å²) in [6.07, 6.45) is 8.40. The van der Waals surface area contributed by atoms with Crippen molar-refractivity contribution in [3.05, 3.63) is 0 Å². The number of rotatable bonds is 8. The second-order valence-corrected chi connectivity index (χ2v) is 5.12. The minimum atomic E-state index is 0.872. The summed E-state index contributed by atoms with van der Waals surface area (Å²) in [5.74, 6) is 1.98. The summed E-state index contributed by atoms with van der Waals surface area (Å²) >= 11 is 0. The fourth-order valence-electron chi connectivity index (χ4n) is 2.48. The molecule has 0 radical (unpaired) electrons. The van der Waals surface area contributed by atoms with Crippen LogP contribution in [0.3, 0.4) is 0 Å². The molecule has 15 heavy (non-hydrogen) atoms. The van der Waals surface area contributed by atoms with E-state index in [4.69, 9.17) is 4.74 Å². The molecule has 0 aromatic carbocycles. The van der Waals surface area contributed by atoms with Crippen LogP contribution in [-0.4, -0.2) is 25.8 Å². The molecule has 2 unspecified atom stereocenters. The van der Waals surface area contributed by atoms with E-state index in [0.717, 1.165) is 31.1 Å². The third-order valence-electron chi connectivity index (χ3n) is 3.89. The van der Waals surface area contributed by atoms with Gasteiger partial charge in [0, 0.05) is 19.3 Å². The zero-order valence-electron chi connectivity index (χ0n) is 10.0. The minimum absolute atomic E-state index is 0.872. The molecule has 2 fully saturated rings. The van der Waals surface area contributed by atoms with Crippen LogP contribution in [0.25, 0.3) is 0 Å². The second kappa shape index (κ2) is 5.86. The maximum Gasteiger partial charge on any atom is 0.0465 e. The first-order valence-electron chi connectivity index (χ1n) is 6.71. The van der Waals surface area contributed by atoms with E-state index >= 15 is 0 Å². The van der Waals surface area contributed by atoms with Crippen molar-refractivity contribution in [3.63, 3.8) is 0 Å². The van der Waals surface area contributed by atoms with E-state index < -0.39 is 0 Å². The molecule has 2 aliphatic rings. The van der Waals surface area contributed by atoms with E-state index in [9.17, 15) is 0 Å². The lowest BCUT2D eigenvalue weighted by atomic mass is 9.71. The number of hydrogen-bond donors (Lipinski definition) is 1. The van der Waals surface area contributed by atoms with Gasteiger partial charge >= 0.3 is 0 Å². The summed E-state index contributed by atoms with van der Waals surface area (Å²) < 4.78 is 5.38. The first kappa shape index (κ1) is 11.4. The van der Waals surface area contributed by atoms with Crippen LogP contribution in [0.1, 0.15) is 45.4 Å². The summed E-state index contributed by atoms with van der Waals surface area (Å²) in [4.78, 5) is 0. The van der Waals surface area contributed by atoms with Crippen LogP contribution in [0.4, 0.5) is 0 Å². The quantitative estimate of drug-likeness (QED) is 0.623. The average molecular weight is 211 g/mol. The van der Waals surface area contributed by atoms with E-state index in [1.54, 1.807) is 0 Å². The van der Waals surface area contributed by atoms with Gasteiger partial charge in [-0.15, -0.1) is 0 Å². The SMILES string of the molecule is CCOCCCC1CCC1CNC1CC1. The Morgan fingerprint density at radius 2 is 1.93 bits per heavy atom. The smallest absolute Gasteiger partial charge is 0.0465 e. The first-order valence-corrected chi connectivity index (χ1v) is 6.71. The Morgan fingerprint density at radius 3 is 2.53 bits per heavy atom. The molecule has 2 rings (SSSR count). The van der Waals surface area contributed by atoms with Crippen LogP contribution in [-0.2, 0) is 4.74 Å². The Balaban J connectivity index is 1.49. The minimum Gasteiger partial charge on any atom is -0.382 e. The van der Waals surface area contributed by atoms with Gasteiger partial charge in [-0.2, -0.15) is 0 Å². The van der Waals surface area contributed by atoms with Crippen LogP contribution in [0.15, 0.2) is 0 Å². The molecular weight excluding hydrogens is 186 g/mol. The average Bonchev–Trinajstić information content (AvgIpc) is 3.00. The van der Waals surface area contributed by atoms with Gasteiger partial charge in [-0.1, -0.05) is 0 Å². The molecule has 0 bridgehead atoms. The highest BCUT2D eigenvalue weighted by atomic mass is 16.5. The van der Waals surface area contributed by atoms with Crippen LogP contribution < -0.4 is 5.32 Å². The Hall–Kier alpha value is -0.0800. The maximum absolute atomic E-state index is 5.38. The highest BCUT2D eigenvalue weighted by Gasteiger charge is 2.31. The van der Waals surface area contributed by atoms with Gasteiger partial charge in [0.2, 0.25) is 0 Å². The standard InChI is InChI=1S/C13H25NO/c1-2-15-9-3-4-11-5-6-12(11)10-14-13-7-8-13/h11-14H,2-10H2,1H3. The predicted molar refractivity (Wildman–Crippen MR) is 63.0 cm³/mol. The van der Waals surface area contributed by atoms with Crippen LogP contribution in [0, 0.1) is 11.8 Å². The van der Waals surface area contributed by atoms with Gasteiger partial charge in [-0.05, 0) is 63.8 Å². The van der Waals surface area contributed by atoms with Gasteiger partial charge in [0.05, 0.1) is 0 Å². The van der Waals surface area contributed by atoms with Gasteiger partial charge in [0.25, 0.3) is 0 Å². The van der Waals surface area contributed by atoms with Crippen LogP contribution in [0.5, 0.6) is 0 Å². The molecule has 1 N–H and O–H groups in total. The molecule has 0 amide bonds. The lowest BCUT2D eigenvalue weighted by molar-refractivity contribution is 0.112. The largest absolute Gasteiger partial charge is 0.382 e. The van der Waals surface area contributed by atoms with Crippen molar-refractivity contribution in [2.24, 2.45) is 11.8 Å². The molecule has 0 aromatic heterocycles.